The smallest absolute Gasteiger partial charge is 0.340 e. The van der Waals surface area contributed by atoms with Crippen LogP contribution in [0.15, 0.2) is 12.1 Å². The fraction of sp³-hybridized carbons (Fsp3) is 0.562. The summed E-state index contributed by atoms with van der Waals surface area (Å²) in [6.45, 7) is 6.39. The third-order valence-corrected chi connectivity index (χ3v) is 3.96. The van der Waals surface area contributed by atoms with E-state index in [4.69, 9.17) is 10.5 Å². The van der Waals surface area contributed by atoms with Gasteiger partial charge < -0.3 is 15.8 Å². The third-order valence-electron chi connectivity index (χ3n) is 3.96. The first-order valence-corrected chi connectivity index (χ1v) is 7.35. The van der Waals surface area contributed by atoms with Crippen molar-refractivity contribution in [3.8, 4) is 0 Å². The van der Waals surface area contributed by atoms with Crippen LogP contribution in [0.2, 0.25) is 0 Å². The molecular weight excluding hydrogens is 271 g/mol. The van der Waals surface area contributed by atoms with E-state index in [-0.39, 0.29) is 29.3 Å². The maximum Gasteiger partial charge on any atom is 0.340 e. The molecule has 1 atom stereocenters. The van der Waals surface area contributed by atoms with E-state index in [9.17, 15) is 9.18 Å². The normalized spacial score (nSPS) is 20.3. The molecule has 0 aliphatic heterocycles. The lowest BCUT2D eigenvalue weighted by atomic mass is 9.92. The summed E-state index contributed by atoms with van der Waals surface area (Å²) in [5, 5.41) is 3.19. The molecule has 1 unspecified atom stereocenters. The Morgan fingerprint density at radius 2 is 2.24 bits per heavy atom. The first kappa shape index (κ1) is 15.6. The van der Waals surface area contributed by atoms with Gasteiger partial charge in [-0.1, -0.05) is 13.8 Å². The van der Waals surface area contributed by atoms with Crippen molar-refractivity contribution in [1.82, 2.24) is 0 Å². The minimum atomic E-state index is -0.523. The predicted molar refractivity (Wildman–Crippen MR) is 81.8 cm³/mol. The number of hydrogen-bond donors (Lipinski definition) is 2. The van der Waals surface area contributed by atoms with Crippen LogP contribution >= 0.6 is 0 Å². The van der Waals surface area contributed by atoms with Crippen molar-refractivity contribution in [1.29, 1.82) is 0 Å². The highest BCUT2D eigenvalue weighted by molar-refractivity contribution is 5.96. The number of nitrogens with one attached hydrogen (secondary N) is 1. The molecule has 116 valence electrons. The molecule has 1 aromatic rings. The van der Waals surface area contributed by atoms with Gasteiger partial charge in [-0.3, -0.25) is 0 Å². The maximum absolute atomic E-state index is 14.0. The second-order valence-electron chi connectivity index (χ2n) is 6.39. The summed E-state index contributed by atoms with van der Waals surface area (Å²) in [4.78, 5) is 11.8. The number of nitrogen functional groups attached to an aromatic ring is 1. The lowest BCUT2D eigenvalue weighted by molar-refractivity contribution is 0.0527. The minimum absolute atomic E-state index is 0.100. The lowest BCUT2D eigenvalue weighted by Gasteiger charge is -2.19. The van der Waals surface area contributed by atoms with Gasteiger partial charge in [-0.2, -0.15) is 0 Å². The summed E-state index contributed by atoms with van der Waals surface area (Å²) in [5.41, 5.74) is 6.60. The molecule has 2 rings (SSSR count). The summed E-state index contributed by atoms with van der Waals surface area (Å²) < 4.78 is 19.0. The number of esters is 1. The van der Waals surface area contributed by atoms with Gasteiger partial charge in [0.15, 0.2) is 0 Å². The summed E-state index contributed by atoms with van der Waals surface area (Å²) in [7, 11) is 0. The summed E-state index contributed by atoms with van der Waals surface area (Å²) >= 11 is 0. The van der Waals surface area contributed by atoms with Gasteiger partial charge >= 0.3 is 5.97 Å². The van der Waals surface area contributed by atoms with Gasteiger partial charge in [-0.15, -0.1) is 0 Å². The van der Waals surface area contributed by atoms with Crippen LogP contribution in [0.3, 0.4) is 0 Å². The number of carbonyl (C=O) groups excluding carboxylic acids is 1. The number of benzene rings is 1. The van der Waals surface area contributed by atoms with Crippen molar-refractivity contribution < 1.29 is 13.9 Å². The molecule has 1 aliphatic carbocycles. The van der Waals surface area contributed by atoms with E-state index in [1.165, 1.54) is 12.1 Å². The molecule has 0 bridgehead atoms. The second-order valence-corrected chi connectivity index (χ2v) is 6.39. The Labute approximate surface area is 124 Å². The quantitative estimate of drug-likeness (QED) is 0.658. The van der Waals surface area contributed by atoms with Crippen LogP contribution in [0.25, 0.3) is 0 Å². The van der Waals surface area contributed by atoms with Gasteiger partial charge in [0.1, 0.15) is 5.82 Å². The number of halogens is 1. The average molecular weight is 294 g/mol. The van der Waals surface area contributed by atoms with Crippen molar-refractivity contribution in [2.75, 3.05) is 17.7 Å². The highest BCUT2D eigenvalue weighted by Gasteiger charge is 2.31. The van der Waals surface area contributed by atoms with Crippen molar-refractivity contribution >= 4 is 17.3 Å². The van der Waals surface area contributed by atoms with Crippen LogP contribution in [0.4, 0.5) is 15.8 Å². The molecule has 0 amide bonds. The van der Waals surface area contributed by atoms with Crippen molar-refractivity contribution in [3.63, 3.8) is 0 Å². The number of carbonyl (C=O) groups is 1. The first-order chi connectivity index (χ1) is 9.82. The van der Waals surface area contributed by atoms with E-state index < -0.39 is 11.8 Å². The van der Waals surface area contributed by atoms with Crippen LogP contribution in [-0.4, -0.2) is 18.6 Å². The zero-order valence-corrected chi connectivity index (χ0v) is 12.8. The standard InChI is InChI=1S/C16H23FN2O2/c1-4-21-15(20)11-7-14(12(17)8-13(11)18)19-10-5-6-16(2,3)9-10/h7-8,10,19H,4-6,9,18H2,1-3H3. The van der Waals surface area contributed by atoms with E-state index in [2.05, 4.69) is 19.2 Å². The highest BCUT2D eigenvalue weighted by Crippen LogP contribution is 2.38. The SMILES string of the molecule is CCOC(=O)c1cc(NC2CCC(C)(C)C2)c(F)cc1N. The van der Waals surface area contributed by atoms with Crippen molar-refractivity contribution in [3.05, 3.63) is 23.5 Å². The fourth-order valence-corrected chi connectivity index (χ4v) is 2.86. The Bertz CT molecular complexity index is 543. The largest absolute Gasteiger partial charge is 0.462 e. The summed E-state index contributed by atoms with van der Waals surface area (Å²) in [6.07, 6.45) is 3.07. The number of ether oxygens (including phenoxy) is 1. The number of hydrogen-bond acceptors (Lipinski definition) is 4. The Balaban J connectivity index is 2.20. The Kier molecular flexibility index (Phi) is 4.40. The molecule has 0 spiro atoms. The van der Waals surface area contributed by atoms with Gasteiger partial charge in [0.25, 0.3) is 0 Å². The predicted octanol–water partition coefficient (Wildman–Crippen LogP) is 3.58. The maximum atomic E-state index is 14.0. The number of rotatable bonds is 4. The van der Waals surface area contributed by atoms with Crippen LogP contribution in [0.5, 0.6) is 0 Å². The molecule has 0 radical (unpaired) electrons. The molecule has 1 saturated carbocycles. The van der Waals surface area contributed by atoms with Crippen molar-refractivity contribution in [2.24, 2.45) is 5.41 Å². The molecule has 0 aromatic heterocycles. The molecule has 21 heavy (non-hydrogen) atoms. The average Bonchev–Trinajstić information content (AvgIpc) is 2.72. The van der Waals surface area contributed by atoms with Crippen LogP contribution in [0, 0.1) is 11.2 Å². The van der Waals surface area contributed by atoms with Gasteiger partial charge in [0.05, 0.1) is 17.9 Å². The van der Waals surface area contributed by atoms with Crippen LogP contribution in [-0.2, 0) is 4.74 Å². The summed E-state index contributed by atoms with van der Waals surface area (Å²) in [6, 6.07) is 2.84. The van der Waals surface area contributed by atoms with E-state index >= 15 is 0 Å². The lowest BCUT2D eigenvalue weighted by Crippen LogP contribution is -2.19. The zero-order valence-electron chi connectivity index (χ0n) is 12.8. The molecule has 4 nitrogen and oxygen atoms in total. The molecular formula is C16H23FN2O2. The summed E-state index contributed by atoms with van der Waals surface area (Å²) in [5.74, 6) is -0.963. The molecule has 0 saturated heterocycles. The second kappa shape index (κ2) is 5.92. The topological polar surface area (TPSA) is 64.3 Å². The minimum Gasteiger partial charge on any atom is -0.462 e. The molecule has 1 aromatic carbocycles. The first-order valence-electron chi connectivity index (χ1n) is 7.35. The van der Waals surface area contributed by atoms with E-state index in [1.54, 1.807) is 6.92 Å². The monoisotopic (exact) mass is 294 g/mol. The fourth-order valence-electron chi connectivity index (χ4n) is 2.86. The van der Waals surface area contributed by atoms with E-state index in [1.807, 2.05) is 0 Å². The Hall–Kier alpha value is -1.78. The van der Waals surface area contributed by atoms with Gasteiger partial charge in [-0.25, -0.2) is 9.18 Å². The molecule has 5 heteroatoms. The Morgan fingerprint density at radius 1 is 1.52 bits per heavy atom. The van der Waals surface area contributed by atoms with E-state index in [0.717, 1.165) is 19.3 Å². The van der Waals surface area contributed by atoms with Crippen LogP contribution < -0.4 is 11.1 Å². The van der Waals surface area contributed by atoms with Gasteiger partial charge in [0.2, 0.25) is 0 Å². The van der Waals surface area contributed by atoms with Crippen LogP contribution in [0.1, 0.15) is 50.4 Å². The van der Waals surface area contributed by atoms with Gasteiger partial charge in [0, 0.05) is 11.7 Å². The zero-order chi connectivity index (χ0) is 15.6. The molecule has 3 N–H and O–H groups in total. The highest BCUT2D eigenvalue weighted by atomic mass is 19.1. The Morgan fingerprint density at radius 3 is 2.81 bits per heavy atom. The number of nitrogens with two attached hydrogens (primary N) is 1. The van der Waals surface area contributed by atoms with Crippen molar-refractivity contribution in [2.45, 2.75) is 46.1 Å². The molecule has 0 heterocycles. The number of anilines is 2. The molecule has 1 fully saturated rings. The van der Waals surface area contributed by atoms with Gasteiger partial charge in [-0.05, 0) is 43.7 Å². The third kappa shape index (κ3) is 3.65. The molecule has 1 aliphatic rings. The van der Waals surface area contributed by atoms with E-state index in [0.29, 0.717) is 5.69 Å².